The van der Waals surface area contributed by atoms with Gasteiger partial charge >= 0.3 is 0 Å². The van der Waals surface area contributed by atoms with Crippen LogP contribution in [0.1, 0.15) is 0 Å². The molecule has 0 spiro atoms. The maximum atomic E-state index is 6.31. The van der Waals surface area contributed by atoms with Crippen LogP contribution in [0.25, 0.3) is 75.8 Å². The second-order valence-electron chi connectivity index (χ2n) is 11.3. The average molecular weight is 579 g/mol. The Hall–Kier alpha value is -5.44. The first-order valence-corrected chi connectivity index (χ1v) is 15.7. The first-order valence-electron chi connectivity index (χ1n) is 14.9. The van der Waals surface area contributed by atoms with Crippen LogP contribution in [0.4, 0.5) is 0 Å². The molecule has 0 saturated carbocycles. The predicted molar refractivity (Wildman–Crippen MR) is 187 cm³/mol. The highest BCUT2D eigenvalue weighted by atomic mass is 32.1. The molecule has 206 valence electrons. The van der Waals surface area contributed by atoms with E-state index in [4.69, 9.17) is 4.74 Å². The van der Waals surface area contributed by atoms with Crippen LogP contribution < -0.4 is 4.74 Å². The quantitative estimate of drug-likeness (QED) is 0.202. The zero-order valence-corrected chi connectivity index (χ0v) is 24.6. The highest BCUT2D eigenvalue weighted by Crippen LogP contribution is 2.48. The number of hydrogen-bond acceptors (Lipinski definition) is 2. The largest absolute Gasteiger partial charge is 0.456 e. The van der Waals surface area contributed by atoms with Gasteiger partial charge in [-0.3, -0.25) is 0 Å². The Morgan fingerprint density at radius 3 is 1.75 bits per heavy atom. The van der Waals surface area contributed by atoms with E-state index in [1.165, 1.54) is 70.2 Å². The topological polar surface area (TPSA) is 9.23 Å². The lowest BCUT2D eigenvalue weighted by Crippen LogP contribution is -1.97. The molecule has 2 heterocycles. The molecule has 9 rings (SSSR count). The smallest absolute Gasteiger partial charge is 0.135 e. The van der Waals surface area contributed by atoms with Gasteiger partial charge in [-0.2, -0.15) is 0 Å². The molecule has 0 radical (unpaired) electrons. The molecule has 2 heteroatoms. The molecule has 0 unspecified atom stereocenters. The van der Waals surface area contributed by atoms with E-state index in [-0.39, 0.29) is 0 Å². The summed E-state index contributed by atoms with van der Waals surface area (Å²) in [7, 11) is 0. The van der Waals surface area contributed by atoms with Gasteiger partial charge in [0.1, 0.15) is 11.5 Å². The van der Waals surface area contributed by atoms with Crippen molar-refractivity contribution >= 4 is 32.9 Å². The van der Waals surface area contributed by atoms with E-state index in [1.54, 1.807) is 0 Å². The minimum absolute atomic E-state index is 0.914. The van der Waals surface area contributed by atoms with Gasteiger partial charge in [0.25, 0.3) is 0 Å². The molecule has 1 nitrogen and oxygen atoms in total. The molecule has 0 bridgehead atoms. The number of benzene rings is 7. The van der Waals surface area contributed by atoms with Crippen LogP contribution in [0.15, 0.2) is 158 Å². The predicted octanol–water partition coefficient (Wildman–Crippen LogP) is 12.5. The summed E-state index contributed by atoms with van der Waals surface area (Å²) in [6, 6.07) is 56.8. The van der Waals surface area contributed by atoms with Crippen LogP contribution >= 0.6 is 11.3 Å². The zero-order valence-electron chi connectivity index (χ0n) is 23.8. The first kappa shape index (κ1) is 25.1. The van der Waals surface area contributed by atoms with Gasteiger partial charge in [-0.15, -0.1) is 11.3 Å². The Labute approximate surface area is 260 Å². The summed E-state index contributed by atoms with van der Waals surface area (Å²) in [6.07, 6.45) is 0. The van der Waals surface area contributed by atoms with E-state index in [2.05, 4.69) is 158 Å². The summed E-state index contributed by atoms with van der Waals surface area (Å²) >= 11 is 1.83. The summed E-state index contributed by atoms with van der Waals surface area (Å²) in [5.41, 5.74) is 9.78. The lowest BCUT2D eigenvalue weighted by atomic mass is 9.93. The van der Waals surface area contributed by atoms with Crippen LogP contribution in [-0.4, -0.2) is 0 Å². The van der Waals surface area contributed by atoms with Gasteiger partial charge in [0.05, 0.1) is 0 Å². The molecular formula is C42H26OS. The van der Waals surface area contributed by atoms with Crippen LogP contribution in [0.3, 0.4) is 0 Å². The van der Waals surface area contributed by atoms with Gasteiger partial charge < -0.3 is 4.74 Å². The minimum atomic E-state index is 0.914. The molecule has 0 atom stereocenters. The van der Waals surface area contributed by atoms with Crippen LogP contribution in [0.2, 0.25) is 0 Å². The third kappa shape index (κ3) is 4.15. The van der Waals surface area contributed by atoms with Crippen molar-refractivity contribution in [2.24, 2.45) is 0 Å². The average Bonchev–Trinajstić information content (AvgIpc) is 3.59. The van der Waals surface area contributed by atoms with Crippen LogP contribution in [0.5, 0.6) is 11.5 Å². The van der Waals surface area contributed by atoms with E-state index >= 15 is 0 Å². The molecule has 1 aliphatic rings. The van der Waals surface area contributed by atoms with Crippen molar-refractivity contribution in [2.45, 2.75) is 0 Å². The molecule has 0 aliphatic carbocycles. The van der Waals surface area contributed by atoms with Crippen molar-refractivity contribution in [3.8, 4) is 65.8 Å². The molecule has 8 aromatic rings. The highest BCUT2D eigenvalue weighted by molar-refractivity contribution is 7.18. The summed E-state index contributed by atoms with van der Waals surface area (Å²) < 4.78 is 6.31. The monoisotopic (exact) mass is 578 g/mol. The van der Waals surface area contributed by atoms with Crippen molar-refractivity contribution in [3.63, 3.8) is 0 Å². The zero-order chi connectivity index (χ0) is 29.0. The van der Waals surface area contributed by atoms with Gasteiger partial charge in [-0.05, 0) is 91.5 Å². The maximum absolute atomic E-state index is 6.31. The van der Waals surface area contributed by atoms with E-state index in [0.29, 0.717) is 0 Å². The lowest BCUT2D eigenvalue weighted by Gasteiger charge is -2.21. The maximum Gasteiger partial charge on any atom is 0.135 e. The summed E-state index contributed by atoms with van der Waals surface area (Å²) in [5.74, 6) is 1.85. The summed E-state index contributed by atoms with van der Waals surface area (Å²) in [6.45, 7) is 0. The van der Waals surface area contributed by atoms with Crippen molar-refractivity contribution in [3.05, 3.63) is 158 Å². The molecule has 1 aromatic heterocycles. The van der Waals surface area contributed by atoms with E-state index in [9.17, 15) is 0 Å². The second-order valence-corrected chi connectivity index (χ2v) is 12.4. The second kappa shape index (κ2) is 10.1. The molecule has 7 aromatic carbocycles. The van der Waals surface area contributed by atoms with E-state index in [1.807, 2.05) is 11.3 Å². The number of ether oxygens (including phenoxy) is 1. The van der Waals surface area contributed by atoms with Crippen molar-refractivity contribution in [2.75, 3.05) is 0 Å². The van der Waals surface area contributed by atoms with E-state index < -0.39 is 0 Å². The fourth-order valence-electron chi connectivity index (χ4n) is 6.51. The van der Waals surface area contributed by atoms with Crippen molar-refractivity contribution < 1.29 is 4.74 Å². The van der Waals surface area contributed by atoms with Crippen LogP contribution in [-0.2, 0) is 0 Å². The number of fused-ring (bicyclic) bond motifs is 3. The fourth-order valence-corrected chi connectivity index (χ4v) is 7.52. The SMILES string of the molecule is c1ccc2c(-c3ccc(-c4ccc(-c5ccc(-c6ccc7c(c6)-c6cccc8cccc(c68)O7)s5)cc4)cc3)cccc2c1. The highest BCUT2D eigenvalue weighted by Gasteiger charge is 2.20. The number of rotatable bonds is 4. The first-order chi connectivity index (χ1) is 21.8. The molecule has 44 heavy (non-hydrogen) atoms. The lowest BCUT2D eigenvalue weighted by molar-refractivity contribution is 0.487. The third-order valence-electron chi connectivity index (χ3n) is 8.73. The van der Waals surface area contributed by atoms with Gasteiger partial charge in [0, 0.05) is 20.7 Å². The van der Waals surface area contributed by atoms with Gasteiger partial charge in [-0.25, -0.2) is 0 Å². The number of hydrogen-bond donors (Lipinski definition) is 0. The van der Waals surface area contributed by atoms with Gasteiger partial charge in [-0.1, -0.05) is 121 Å². The molecule has 1 aliphatic heterocycles. The Balaban J connectivity index is 0.987. The normalized spacial score (nSPS) is 11.8. The Morgan fingerprint density at radius 2 is 0.955 bits per heavy atom. The summed E-state index contributed by atoms with van der Waals surface area (Å²) in [5, 5.41) is 4.95. The molecule has 0 N–H and O–H groups in total. The standard InChI is InChI=1S/C42H26OS/c1-2-10-34-29(6-1)7-3-11-35(34)30-18-14-27(15-19-30)28-16-20-31(21-17-28)40-24-25-41(44-40)33-22-23-38-37(26-33)36-12-4-8-32-9-5-13-39(43-38)42(32)36/h1-26H. The van der Waals surface area contributed by atoms with Gasteiger partial charge in [0.2, 0.25) is 0 Å². The van der Waals surface area contributed by atoms with Crippen molar-refractivity contribution in [1.29, 1.82) is 0 Å². The Morgan fingerprint density at radius 1 is 0.364 bits per heavy atom. The fraction of sp³-hybridized carbons (Fsp3) is 0. The molecule has 0 amide bonds. The van der Waals surface area contributed by atoms with Gasteiger partial charge in [0.15, 0.2) is 0 Å². The summed E-state index contributed by atoms with van der Waals surface area (Å²) in [4.78, 5) is 2.52. The number of thiophene rings is 1. The molecule has 0 saturated heterocycles. The minimum Gasteiger partial charge on any atom is -0.456 e. The molecule has 0 fully saturated rings. The Bertz CT molecular complexity index is 2330. The molecular weight excluding hydrogens is 553 g/mol. The van der Waals surface area contributed by atoms with E-state index in [0.717, 1.165) is 17.1 Å². The Kier molecular flexibility index (Phi) is 5.75. The van der Waals surface area contributed by atoms with Crippen LogP contribution in [0, 0.1) is 0 Å². The van der Waals surface area contributed by atoms with Crippen molar-refractivity contribution in [1.82, 2.24) is 0 Å². The third-order valence-corrected chi connectivity index (χ3v) is 9.92.